The molecule has 0 aliphatic carbocycles. The van der Waals surface area contributed by atoms with E-state index >= 15 is 0 Å². The van der Waals surface area contributed by atoms with E-state index in [1.807, 2.05) is 13.0 Å². The molecule has 0 amide bonds. The second-order valence-electron chi connectivity index (χ2n) is 3.02. The van der Waals surface area contributed by atoms with E-state index < -0.39 is 12.2 Å². The third-order valence-electron chi connectivity index (χ3n) is 1.68. The van der Waals surface area contributed by atoms with Crippen LogP contribution in [0.3, 0.4) is 0 Å². The summed E-state index contributed by atoms with van der Waals surface area (Å²) in [6.07, 6.45) is 6.73. The molecule has 0 aliphatic heterocycles. The Balaban J connectivity index is 4.23. The van der Waals surface area contributed by atoms with Crippen molar-refractivity contribution in [3.63, 3.8) is 0 Å². The van der Waals surface area contributed by atoms with Crippen molar-refractivity contribution in [1.29, 1.82) is 0 Å². The highest BCUT2D eigenvalue weighted by molar-refractivity contribution is 5.24. The molecule has 0 aromatic carbocycles. The number of allylic oxidation sites excluding steroid dienone is 3. The van der Waals surface area contributed by atoms with Crippen LogP contribution in [0.1, 0.15) is 13.8 Å². The molecule has 3 N–H and O–H groups in total. The Morgan fingerprint density at radius 1 is 1.36 bits per heavy atom. The maximum atomic E-state index is 9.20. The predicted octanol–water partition coefficient (Wildman–Crippen LogP) is 0.779. The lowest BCUT2D eigenvalue weighted by molar-refractivity contribution is 0.0619. The van der Waals surface area contributed by atoms with Gasteiger partial charge in [0, 0.05) is 0 Å². The molecule has 0 saturated carbocycles. The minimum absolute atomic E-state index is 0.0422. The third kappa shape index (κ3) is 5.70. The summed E-state index contributed by atoms with van der Waals surface area (Å²) in [4.78, 5) is 0. The van der Waals surface area contributed by atoms with Gasteiger partial charge in [-0.05, 0) is 19.4 Å². The SMILES string of the molecule is C\C=C/C(=C\C=C\[C@@H](O)[C@@H](C)O)CO. The largest absolute Gasteiger partial charge is 0.392 e. The van der Waals surface area contributed by atoms with Crippen LogP contribution in [0, 0.1) is 0 Å². The molecule has 3 nitrogen and oxygen atoms in total. The van der Waals surface area contributed by atoms with Gasteiger partial charge in [-0.1, -0.05) is 30.4 Å². The van der Waals surface area contributed by atoms with Gasteiger partial charge in [-0.25, -0.2) is 0 Å². The van der Waals surface area contributed by atoms with Crippen molar-refractivity contribution in [3.05, 3.63) is 36.0 Å². The van der Waals surface area contributed by atoms with Crippen molar-refractivity contribution < 1.29 is 15.3 Å². The van der Waals surface area contributed by atoms with E-state index in [-0.39, 0.29) is 6.61 Å². The molecule has 0 bridgehead atoms. The minimum atomic E-state index is -0.864. The van der Waals surface area contributed by atoms with Crippen LogP contribution in [0.5, 0.6) is 0 Å². The fraction of sp³-hybridized carbons (Fsp3) is 0.455. The molecule has 3 heteroatoms. The third-order valence-corrected chi connectivity index (χ3v) is 1.68. The summed E-state index contributed by atoms with van der Waals surface area (Å²) in [7, 11) is 0. The van der Waals surface area contributed by atoms with Gasteiger partial charge in [-0.15, -0.1) is 0 Å². The Labute approximate surface area is 84.7 Å². The molecule has 0 aliphatic rings. The van der Waals surface area contributed by atoms with Crippen molar-refractivity contribution in [2.45, 2.75) is 26.1 Å². The first kappa shape index (κ1) is 13.1. The van der Waals surface area contributed by atoms with Crippen LogP contribution in [0.4, 0.5) is 0 Å². The van der Waals surface area contributed by atoms with Gasteiger partial charge in [0.1, 0.15) is 0 Å². The normalized spacial score (nSPS) is 17.9. The van der Waals surface area contributed by atoms with Crippen LogP contribution in [0.25, 0.3) is 0 Å². The highest BCUT2D eigenvalue weighted by atomic mass is 16.3. The molecule has 0 aromatic heterocycles. The zero-order valence-corrected chi connectivity index (χ0v) is 8.59. The standard InChI is InChI=1S/C11H18O3/c1-3-5-10(8-12)6-4-7-11(14)9(2)13/h3-7,9,11-14H,8H2,1-2H3/b5-3-,7-4+,10-6+/t9-,11-/m1/s1. The maximum absolute atomic E-state index is 9.20. The summed E-state index contributed by atoms with van der Waals surface area (Å²) in [6.45, 7) is 3.33. The lowest BCUT2D eigenvalue weighted by Crippen LogP contribution is -2.19. The van der Waals surface area contributed by atoms with Crippen molar-refractivity contribution in [3.8, 4) is 0 Å². The van der Waals surface area contributed by atoms with Crippen molar-refractivity contribution in [1.82, 2.24) is 0 Å². The van der Waals surface area contributed by atoms with Crippen molar-refractivity contribution >= 4 is 0 Å². The summed E-state index contributed by atoms with van der Waals surface area (Å²) in [5.41, 5.74) is 0.751. The van der Waals surface area contributed by atoms with Gasteiger partial charge in [-0.2, -0.15) is 0 Å². The summed E-state index contributed by atoms with van der Waals surface area (Å²) in [5, 5.41) is 27.0. The zero-order chi connectivity index (χ0) is 11.0. The van der Waals surface area contributed by atoms with Crippen LogP contribution in [-0.2, 0) is 0 Å². The molecule has 0 unspecified atom stereocenters. The Morgan fingerprint density at radius 3 is 2.43 bits per heavy atom. The molecular formula is C11H18O3. The highest BCUT2D eigenvalue weighted by Crippen LogP contribution is 1.98. The summed E-state index contributed by atoms with van der Waals surface area (Å²) >= 11 is 0. The van der Waals surface area contributed by atoms with Crippen LogP contribution in [0.15, 0.2) is 36.0 Å². The molecular weight excluding hydrogens is 180 g/mol. The molecule has 0 fully saturated rings. The van der Waals surface area contributed by atoms with Crippen LogP contribution in [0.2, 0.25) is 0 Å². The second kappa shape index (κ2) is 7.50. The molecule has 0 spiro atoms. The maximum Gasteiger partial charge on any atom is 0.0980 e. The minimum Gasteiger partial charge on any atom is -0.392 e. The Morgan fingerprint density at radius 2 is 2.00 bits per heavy atom. The van der Waals surface area contributed by atoms with Crippen LogP contribution in [-0.4, -0.2) is 34.1 Å². The number of aliphatic hydroxyl groups is 3. The van der Waals surface area contributed by atoms with Gasteiger partial charge >= 0.3 is 0 Å². The van der Waals surface area contributed by atoms with Gasteiger partial charge in [0.2, 0.25) is 0 Å². The molecule has 14 heavy (non-hydrogen) atoms. The van der Waals surface area contributed by atoms with Crippen LogP contribution < -0.4 is 0 Å². The van der Waals surface area contributed by atoms with Gasteiger partial charge in [0.25, 0.3) is 0 Å². The smallest absolute Gasteiger partial charge is 0.0980 e. The lowest BCUT2D eigenvalue weighted by Gasteiger charge is -2.06. The summed E-state index contributed by atoms with van der Waals surface area (Å²) in [6, 6.07) is 0. The van der Waals surface area contributed by atoms with E-state index in [0.717, 1.165) is 5.57 Å². The van der Waals surface area contributed by atoms with Crippen molar-refractivity contribution in [2.75, 3.05) is 6.61 Å². The van der Waals surface area contributed by atoms with Gasteiger partial charge in [0.05, 0.1) is 18.8 Å². The van der Waals surface area contributed by atoms with Crippen molar-refractivity contribution in [2.24, 2.45) is 0 Å². The highest BCUT2D eigenvalue weighted by Gasteiger charge is 2.04. The molecule has 2 atom stereocenters. The first-order valence-corrected chi connectivity index (χ1v) is 4.58. The molecule has 0 heterocycles. The predicted molar refractivity (Wildman–Crippen MR) is 56.8 cm³/mol. The van der Waals surface area contributed by atoms with E-state index in [2.05, 4.69) is 0 Å². The van der Waals surface area contributed by atoms with Crippen LogP contribution >= 0.6 is 0 Å². The van der Waals surface area contributed by atoms with E-state index in [0.29, 0.717) is 0 Å². The van der Waals surface area contributed by atoms with E-state index in [4.69, 9.17) is 10.2 Å². The Hall–Kier alpha value is -0.900. The fourth-order valence-corrected chi connectivity index (χ4v) is 0.829. The van der Waals surface area contributed by atoms with Gasteiger partial charge < -0.3 is 15.3 Å². The second-order valence-corrected chi connectivity index (χ2v) is 3.02. The fourth-order valence-electron chi connectivity index (χ4n) is 0.829. The first-order valence-electron chi connectivity index (χ1n) is 4.58. The molecule has 0 aromatic rings. The number of rotatable bonds is 5. The quantitative estimate of drug-likeness (QED) is 0.572. The average Bonchev–Trinajstić information content (AvgIpc) is 2.16. The topological polar surface area (TPSA) is 60.7 Å². The monoisotopic (exact) mass is 198 g/mol. The Bertz CT molecular complexity index is 227. The summed E-state index contributed by atoms with van der Waals surface area (Å²) in [5.74, 6) is 0. The molecule has 0 saturated heterocycles. The van der Waals surface area contributed by atoms with Gasteiger partial charge in [-0.3, -0.25) is 0 Å². The molecule has 0 rings (SSSR count). The first-order chi connectivity index (χ1) is 6.61. The average molecular weight is 198 g/mol. The number of hydrogen-bond acceptors (Lipinski definition) is 3. The lowest BCUT2D eigenvalue weighted by atomic mass is 10.2. The molecule has 0 radical (unpaired) electrons. The van der Waals surface area contributed by atoms with E-state index in [9.17, 15) is 5.11 Å². The Kier molecular flexibility index (Phi) is 7.02. The van der Waals surface area contributed by atoms with E-state index in [1.54, 1.807) is 18.2 Å². The van der Waals surface area contributed by atoms with E-state index in [1.165, 1.54) is 13.0 Å². The summed E-state index contributed by atoms with van der Waals surface area (Å²) < 4.78 is 0. The zero-order valence-electron chi connectivity index (χ0n) is 8.59. The van der Waals surface area contributed by atoms with Gasteiger partial charge in [0.15, 0.2) is 0 Å². The molecule has 80 valence electrons. The number of aliphatic hydroxyl groups excluding tert-OH is 3. The number of hydrogen-bond donors (Lipinski definition) is 3.